The Morgan fingerprint density at radius 2 is 2.19 bits per heavy atom. The number of nitrogens with zero attached hydrogens (tertiary/aromatic N) is 2. The van der Waals surface area contributed by atoms with Crippen molar-refractivity contribution in [1.82, 2.24) is 15.5 Å². The molecule has 0 atom stereocenters. The van der Waals surface area contributed by atoms with Gasteiger partial charge in [0.05, 0.1) is 5.56 Å². The predicted molar refractivity (Wildman–Crippen MR) is 72.6 cm³/mol. The number of nitrogens with one attached hydrogen (secondary N) is 1. The van der Waals surface area contributed by atoms with Gasteiger partial charge in [0.2, 0.25) is 11.8 Å². The van der Waals surface area contributed by atoms with Crippen LogP contribution in [0.15, 0.2) is 28.8 Å². The van der Waals surface area contributed by atoms with Crippen molar-refractivity contribution in [1.29, 1.82) is 0 Å². The van der Waals surface area contributed by atoms with Crippen LogP contribution in [0.4, 0.5) is 0 Å². The molecule has 7 nitrogen and oxygen atoms in total. The third-order valence-corrected chi connectivity index (χ3v) is 2.80. The van der Waals surface area contributed by atoms with Gasteiger partial charge in [-0.25, -0.2) is 4.79 Å². The smallest absolute Gasteiger partial charge is 0.335 e. The van der Waals surface area contributed by atoms with Crippen molar-refractivity contribution in [2.75, 3.05) is 0 Å². The molecule has 0 aliphatic carbocycles. The molecule has 0 fully saturated rings. The minimum absolute atomic E-state index is 0.161. The van der Waals surface area contributed by atoms with Gasteiger partial charge in [-0.15, -0.1) is 0 Å². The lowest BCUT2D eigenvalue weighted by molar-refractivity contribution is -0.121. The molecule has 21 heavy (non-hydrogen) atoms. The first kappa shape index (κ1) is 14.7. The summed E-state index contributed by atoms with van der Waals surface area (Å²) in [5.74, 6) is -0.187. The van der Waals surface area contributed by atoms with E-state index in [0.29, 0.717) is 18.1 Å². The maximum Gasteiger partial charge on any atom is 0.335 e. The van der Waals surface area contributed by atoms with Crippen LogP contribution in [-0.4, -0.2) is 27.1 Å². The van der Waals surface area contributed by atoms with Crippen molar-refractivity contribution < 1.29 is 19.2 Å². The molecule has 0 aliphatic rings. The van der Waals surface area contributed by atoms with E-state index in [1.807, 2.05) is 0 Å². The van der Waals surface area contributed by atoms with Gasteiger partial charge in [0, 0.05) is 19.4 Å². The number of carboxylic acids is 1. The highest BCUT2D eigenvalue weighted by Gasteiger charge is 2.08. The summed E-state index contributed by atoms with van der Waals surface area (Å²) in [6, 6.07) is 6.44. The molecule has 2 aromatic rings. The van der Waals surface area contributed by atoms with E-state index < -0.39 is 5.97 Å². The lowest BCUT2D eigenvalue weighted by Gasteiger charge is -2.05. The molecule has 0 bridgehead atoms. The molecule has 1 aromatic heterocycles. The Kier molecular flexibility index (Phi) is 4.65. The van der Waals surface area contributed by atoms with E-state index in [2.05, 4.69) is 15.5 Å². The van der Waals surface area contributed by atoms with Gasteiger partial charge < -0.3 is 14.9 Å². The van der Waals surface area contributed by atoms with Crippen molar-refractivity contribution in [3.8, 4) is 0 Å². The quantitative estimate of drug-likeness (QED) is 0.831. The summed E-state index contributed by atoms with van der Waals surface area (Å²) < 4.78 is 4.91. The Morgan fingerprint density at radius 1 is 1.38 bits per heavy atom. The number of rotatable bonds is 6. The minimum atomic E-state index is -0.991. The number of carbonyl (C=O) groups is 2. The molecule has 0 aliphatic heterocycles. The monoisotopic (exact) mass is 289 g/mol. The van der Waals surface area contributed by atoms with Crippen molar-refractivity contribution in [3.63, 3.8) is 0 Å². The number of carboxylic acid groups (broad SMARTS) is 1. The lowest BCUT2D eigenvalue weighted by Crippen LogP contribution is -2.23. The maximum absolute atomic E-state index is 11.7. The Morgan fingerprint density at radius 3 is 2.86 bits per heavy atom. The second-order valence-electron chi connectivity index (χ2n) is 4.52. The van der Waals surface area contributed by atoms with Crippen LogP contribution in [0, 0.1) is 6.92 Å². The number of carbonyl (C=O) groups excluding carboxylic acids is 1. The molecular formula is C14H15N3O4. The molecule has 0 spiro atoms. The largest absolute Gasteiger partial charge is 0.478 e. The van der Waals surface area contributed by atoms with E-state index in [1.165, 1.54) is 12.1 Å². The second kappa shape index (κ2) is 6.65. The number of amides is 1. The first-order chi connectivity index (χ1) is 10.0. The summed E-state index contributed by atoms with van der Waals surface area (Å²) >= 11 is 0. The van der Waals surface area contributed by atoms with Gasteiger partial charge in [0.15, 0.2) is 5.82 Å². The highest BCUT2D eigenvalue weighted by Crippen LogP contribution is 2.05. The van der Waals surface area contributed by atoms with Crippen LogP contribution in [0.1, 0.15) is 34.1 Å². The van der Waals surface area contributed by atoms with Crippen molar-refractivity contribution >= 4 is 11.9 Å². The van der Waals surface area contributed by atoms with Gasteiger partial charge in [-0.3, -0.25) is 4.79 Å². The fraction of sp³-hybridized carbons (Fsp3) is 0.286. The van der Waals surface area contributed by atoms with Crippen LogP contribution < -0.4 is 5.32 Å². The Hall–Kier alpha value is -2.70. The fourth-order valence-electron chi connectivity index (χ4n) is 1.77. The molecule has 0 saturated heterocycles. The van der Waals surface area contributed by atoms with Gasteiger partial charge in [0.1, 0.15) is 0 Å². The third-order valence-electron chi connectivity index (χ3n) is 2.80. The number of hydrogen-bond donors (Lipinski definition) is 2. The molecule has 1 amide bonds. The van der Waals surface area contributed by atoms with E-state index in [9.17, 15) is 9.59 Å². The van der Waals surface area contributed by atoms with E-state index in [4.69, 9.17) is 9.63 Å². The molecule has 0 saturated carbocycles. The first-order valence-electron chi connectivity index (χ1n) is 6.42. The van der Waals surface area contributed by atoms with Crippen LogP contribution >= 0.6 is 0 Å². The minimum Gasteiger partial charge on any atom is -0.478 e. The summed E-state index contributed by atoms with van der Waals surface area (Å²) in [4.78, 5) is 26.5. The molecule has 0 radical (unpaired) electrons. The Bertz CT molecular complexity index is 651. The normalized spacial score (nSPS) is 10.3. The van der Waals surface area contributed by atoms with Crippen molar-refractivity contribution in [2.45, 2.75) is 26.3 Å². The Balaban J connectivity index is 1.81. The average Bonchev–Trinajstić information content (AvgIpc) is 2.89. The van der Waals surface area contributed by atoms with E-state index in [0.717, 1.165) is 5.56 Å². The molecule has 7 heteroatoms. The number of aromatic nitrogens is 2. The van der Waals surface area contributed by atoms with Gasteiger partial charge in [0.25, 0.3) is 0 Å². The van der Waals surface area contributed by atoms with Crippen LogP contribution in [0.25, 0.3) is 0 Å². The Labute approximate surface area is 121 Å². The number of benzene rings is 1. The van der Waals surface area contributed by atoms with E-state index >= 15 is 0 Å². The number of aryl methyl sites for hydroxylation is 2. The zero-order valence-electron chi connectivity index (χ0n) is 11.5. The molecule has 110 valence electrons. The van der Waals surface area contributed by atoms with Crippen LogP contribution in [-0.2, 0) is 17.8 Å². The second-order valence-corrected chi connectivity index (χ2v) is 4.52. The zero-order chi connectivity index (χ0) is 15.2. The predicted octanol–water partition coefficient (Wildman–Crippen LogP) is 1.33. The molecular weight excluding hydrogens is 274 g/mol. The van der Waals surface area contributed by atoms with Crippen LogP contribution in [0.2, 0.25) is 0 Å². The van der Waals surface area contributed by atoms with Crippen LogP contribution in [0.5, 0.6) is 0 Å². The van der Waals surface area contributed by atoms with Gasteiger partial charge >= 0.3 is 5.97 Å². The molecule has 2 rings (SSSR count). The number of hydrogen-bond acceptors (Lipinski definition) is 5. The average molecular weight is 289 g/mol. The van der Waals surface area contributed by atoms with Crippen molar-refractivity contribution in [3.05, 3.63) is 47.1 Å². The summed E-state index contributed by atoms with van der Waals surface area (Å²) in [6.45, 7) is 1.99. The third kappa shape index (κ3) is 4.41. The lowest BCUT2D eigenvalue weighted by atomic mass is 10.1. The summed E-state index contributed by atoms with van der Waals surface area (Å²) in [5, 5.41) is 15.2. The highest BCUT2D eigenvalue weighted by atomic mass is 16.5. The highest BCUT2D eigenvalue weighted by molar-refractivity contribution is 5.87. The zero-order valence-corrected chi connectivity index (χ0v) is 11.5. The summed E-state index contributed by atoms with van der Waals surface area (Å²) in [6.07, 6.45) is 0.613. The molecule has 1 aromatic carbocycles. The molecule has 1 heterocycles. The topological polar surface area (TPSA) is 105 Å². The summed E-state index contributed by atoms with van der Waals surface area (Å²) in [7, 11) is 0. The van der Waals surface area contributed by atoms with E-state index in [1.54, 1.807) is 19.1 Å². The molecule has 0 unspecified atom stereocenters. The van der Waals surface area contributed by atoms with Crippen LogP contribution in [0.3, 0.4) is 0 Å². The maximum atomic E-state index is 11.7. The van der Waals surface area contributed by atoms with E-state index in [-0.39, 0.29) is 24.4 Å². The SMILES string of the molecule is Cc1noc(CCC(=O)NCc2cccc(C(=O)O)c2)n1. The van der Waals surface area contributed by atoms with Gasteiger partial charge in [-0.1, -0.05) is 17.3 Å². The van der Waals surface area contributed by atoms with Gasteiger partial charge in [-0.05, 0) is 24.6 Å². The standard InChI is InChI=1S/C14H15N3O4/c1-9-16-13(21-17-9)6-5-12(18)15-8-10-3-2-4-11(7-10)14(19)20/h2-4,7H,5-6,8H2,1H3,(H,15,18)(H,19,20). The van der Waals surface area contributed by atoms with Gasteiger partial charge in [-0.2, -0.15) is 4.98 Å². The van der Waals surface area contributed by atoms with Crippen molar-refractivity contribution in [2.24, 2.45) is 0 Å². The summed E-state index contributed by atoms with van der Waals surface area (Å²) in [5.41, 5.74) is 0.931. The number of aromatic carboxylic acids is 1. The fourth-order valence-corrected chi connectivity index (χ4v) is 1.77. The molecule has 2 N–H and O–H groups in total. The first-order valence-corrected chi connectivity index (χ1v) is 6.42.